The number of halogens is 3. The van der Waals surface area contributed by atoms with Crippen LogP contribution < -0.4 is 16.0 Å². The molecule has 0 unspecified atom stereocenters. The van der Waals surface area contributed by atoms with Gasteiger partial charge in [-0.3, -0.25) is 9.59 Å². The predicted molar refractivity (Wildman–Crippen MR) is 74.5 cm³/mol. The van der Waals surface area contributed by atoms with Gasteiger partial charge >= 0.3 is 6.18 Å². The number of hydrogen-bond donors (Lipinski definition) is 3. The first-order chi connectivity index (χ1) is 10.3. The summed E-state index contributed by atoms with van der Waals surface area (Å²) in [4.78, 5) is 23.4. The average molecular weight is 315 g/mol. The fourth-order valence-corrected chi connectivity index (χ4v) is 1.76. The Morgan fingerprint density at radius 1 is 1.18 bits per heavy atom. The molecule has 0 atom stereocenters. The fourth-order valence-electron chi connectivity index (χ4n) is 1.76. The smallest absolute Gasteiger partial charge is 0.376 e. The Morgan fingerprint density at radius 3 is 2.50 bits per heavy atom. The molecule has 3 N–H and O–H groups in total. The lowest BCUT2D eigenvalue weighted by atomic mass is 10.1. The standard InChI is InChI=1S/C14H16F3N3O2/c15-14(16,17)8-19-12(21)7-18-11-4-2-1-3-10(11)13(22)20-9-5-6-9/h1-4,9,18H,5-8H2,(H,19,21)(H,20,22). The van der Waals surface area contributed by atoms with Crippen LogP contribution in [0.1, 0.15) is 23.2 Å². The van der Waals surface area contributed by atoms with Gasteiger partial charge < -0.3 is 16.0 Å². The number of benzene rings is 1. The van der Waals surface area contributed by atoms with Gasteiger partial charge in [-0.1, -0.05) is 12.1 Å². The van der Waals surface area contributed by atoms with Crippen molar-refractivity contribution in [2.24, 2.45) is 0 Å². The minimum absolute atomic E-state index is 0.190. The van der Waals surface area contributed by atoms with E-state index in [2.05, 4.69) is 10.6 Å². The molecular weight excluding hydrogens is 299 g/mol. The van der Waals surface area contributed by atoms with Crippen LogP contribution in [0.25, 0.3) is 0 Å². The highest BCUT2D eigenvalue weighted by atomic mass is 19.4. The fraction of sp³-hybridized carbons (Fsp3) is 0.429. The highest BCUT2D eigenvalue weighted by Gasteiger charge is 2.28. The molecule has 1 aliphatic carbocycles. The van der Waals surface area contributed by atoms with Crippen LogP contribution in [0.2, 0.25) is 0 Å². The molecule has 120 valence electrons. The Bertz CT molecular complexity index is 557. The van der Waals surface area contributed by atoms with Gasteiger partial charge in [0, 0.05) is 11.7 Å². The third-order valence-electron chi connectivity index (χ3n) is 3.01. The van der Waals surface area contributed by atoms with Crippen molar-refractivity contribution in [1.82, 2.24) is 10.6 Å². The van der Waals surface area contributed by atoms with E-state index in [1.54, 1.807) is 29.6 Å². The van der Waals surface area contributed by atoms with Crippen LogP contribution in [0.5, 0.6) is 0 Å². The molecular formula is C14H16F3N3O2. The molecule has 0 saturated heterocycles. The summed E-state index contributed by atoms with van der Waals surface area (Å²) in [5.41, 5.74) is 0.765. The Balaban J connectivity index is 1.89. The first-order valence-corrected chi connectivity index (χ1v) is 6.82. The summed E-state index contributed by atoms with van der Waals surface area (Å²) in [6, 6.07) is 6.73. The Labute approximate surface area is 125 Å². The topological polar surface area (TPSA) is 70.2 Å². The van der Waals surface area contributed by atoms with Crippen LogP contribution in [0.4, 0.5) is 18.9 Å². The van der Waals surface area contributed by atoms with Gasteiger partial charge in [-0.2, -0.15) is 13.2 Å². The van der Waals surface area contributed by atoms with E-state index < -0.39 is 18.6 Å². The summed E-state index contributed by atoms with van der Waals surface area (Å²) in [7, 11) is 0. The van der Waals surface area contributed by atoms with Crippen molar-refractivity contribution in [2.75, 3.05) is 18.4 Å². The zero-order valence-corrected chi connectivity index (χ0v) is 11.7. The van der Waals surface area contributed by atoms with E-state index in [-0.39, 0.29) is 18.5 Å². The summed E-state index contributed by atoms with van der Waals surface area (Å²) in [6.45, 7) is -1.72. The maximum absolute atomic E-state index is 12.0. The molecule has 0 radical (unpaired) electrons. The molecule has 0 aliphatic heterocycles. The third-order valence-corrected chi connectivity index (χ3v) is 3.01. The normalized spacial score (nSPS) is 14.3. The second-order valence-corrected chi connectivity index (χ2v) is 5.04. The van der Waals surface area contributed by atoms with Gasteiger partial charge in [0.25, 0.3) is 5.91 Å². The Kier molecular flexibility index (Phi) is 4.89. The molecule has 22 heavy (non-hydrogen) atoms. The summed E-state index contributed by atoms with van der Waals surface area (Å²) in [5.74, 6) is -1.06. The SMILES string of the molecule is O=C(CNc1ccccc1C(=O)NC1CC1)NCC(F)(F)F. The lowest BCUT2D eigenvalue weighted by Crippen LogP contribution is -2.37. The van der Waals surface area contributed by atoms with E-state index in [4.69, 9.17) is 0 Å². The molecule has 1 fully saturated rings. The second kappa shape index (κ2) is 6.67. The van der Waals surface area contributed by atoms with E-state index >= 15 is 0 Å². The summed E-state index contributed by atoms with van der Waals surface area (Å²) in [5, 5.41) is 7.26. The number of anilines is 1. The van der Waals surface area contributed by atoms with Gasteiger partial charge in [-0.25, -0.2) is 0 Å². The Hall–Kier alpha value is -2.25. The van der Waals surface area contributed by atoms with Crippen molar-refractivity contribution in [3.63, 3.8) is 0 Å². The average Bonchev–Trinajstić information content (AvgIpc) is 3.26. The van der Waals surface area contributed by atoms with Gasteiger partial charge in [-0.05, 0) is 25.0 Å². The largest absolute Gasteiger partial charge is 0.405 e. The van der Waals surface area contributed by atoms with E-state index in [0.717, 1.165) is 12.8 Å². The zero-order chi connectivity index (χ0) is 16.2. The van der Waals surface area contributed by atoms with Crippen molar-refractivity contribution < 1.29 is 22.8 Å². The minimum atomic E-state index is -4.45. The second-order valence-electron chi connectivity index (χ2n) is 5.04. The van der Waals surface area contributed by atoms with Crippen LogP contribution in [-0.2, 0) is 4.79 Å². The molecule has 1 aromatic rings. The molecule has 1 aromatic carbocycles. The van der Waals surface area contributed by atoms with Gasteiger partial charge in [0.2, 0.25) is 5.91 Å². The van der Waals surface area contributed by atoms with Gasteiger partial charge in [0.1, 0.15) is 6.54 Å². The molecule has 0 heterocycles. The first kappa shape index (κ1) is 16.1. The minimum Gasteiger partial charge on any atom is -0.376 e. The molecule has 1 aliphatic rings. The van der Waals surface area contributed by atoms with E-state index in [9.17, 15) is 22.8 Å². The summed E-state index contributed by atoms with van der Waals surface area (Å²) >= 11 is 0. The quantitative estimate of drug-likeness (QED) is 0.748. The molecule has 0 aromatic heterocycles. The number of hydrogen-bond acceptors (Lipinski definition) is 3. The van der Waals surface area contributed by atoms with E-state index in [1.165, 1.54) is 0 Å². The van der Waals surface area contributed by atoms with Crippen LogP contribution in [-0.4, -0.2) is 37.1 Å². The zero-order valence-electron chi connectivity index (χ0n) is 11.7. The Morgan fingerprint density at radius 2 is 1.86 bits per heavy atom. The summed E-state index contributed by atoms with van der Waals surface area (Å²) < 4.78 is 36.0. The molecule has 0 bridgehead atoms. The van der Waals surface area contributed by atoms with E-state index in [0.29, 0.717) is 11.3 Å². The summed E-state index contributed by atoms with van der Waals surface area (Å²) in [6.07, 6.45) is -2.56. The highest BCUT2D eigenvalue weighted by molar-refractivity contribution is 6.00. The van der Waals surface area contributed by atoms with Gasteiger partial charge in [0.05, 0.1) is 12.1 Å². The van der Waals surface area contributed by atoms with Crippen molar-refractivity contribution in [1.29, 1.82) is 0 Å². The number of alkyl halides is 3. The molecule has 2 rings (SSSR count). The third kappa shape index (κ3) is 5.27. The van der Waals surface area contributed by atoms with Crippen molar-refractivity contribution in [2.45, 2.75) is 25.1 Å². The van der Waals surface area contributed by atoms with Crippen molar-refractivity contribution in [3.8, 4) is 0 Å². The molecule has 5 nitrogen and oxygen atoms in total. The number of para-hydroxylation sites is 1. The maximum atomic E-state index is 12.0. The van der Waals surface area contributed by atoms with E-state index in [1.807, 2.05) is 0 Å². The maximum Gasteiger partial charge on any atom is 0.405 e. The predicted octanol–water partition coefficient (Wildman–Crippen LogP) is 1.67. The van der Waals surface area contributed by atoms with Crippen LogP contribution in [0, 0.1) is 0 Å². The highest BCUT2D eigenvalue weighted by Crippen LogP contribution is 2.21. The van der Waals surface area contributed by atoms with Crippen LogP contribution >= 0.6 is 0 Å². The molecule has 8 heteroatoms. The number of nitrogens with one attached hydrogen (secondary N) is 3. The number of amides is 2. The first-order valence-electron chi connectivity index (χ1n) is 6.82. The van der Waals surface area contributed by atoms with Crippen LogP contribution in [0.3, 0.4) is 0 Å². The molecule has 1 saturated carbocycles. The lowest BCUT2D eigenvalue weighted by Gasteiger charge is -2.12. The monoisotopic (exact) mass is 315 g/mol. The van der Waals surface area contributed by atoms with Gasteiger partial charge in [0.15, 0.2) is 0 Å². The van der Waals surface area contributed by atoms with Gasteiger partial charge in [-0.15, -0.1) is 0 Å². The molecule has 2 amide bonds. The van der Waals surface area contributed by atoms with Crippen molar-refractivity contribution >= 4 is 17.5 Å². The van der Waals surface area contributed by atoms with Crippen molar-refractivity contribution in [3.05, 3.63) is 29.8 Å². The lowest BCUT2D eigenvalue weighted by molar-refractivity contribution is -0.137. The number of carbonyl (C=O) groups excluding carboxylic acids is 2. The molecule has 0 spiro atoms. The number of carbonyl (C=O) groups is 2. The number of rotatable bonds is 6. The van der Waals surface area contributed by atoms with Crippen LogP contribution in [0.15, 0.2) is 24.3 Å².